The minimum absolute atomic E-state index is 0.0669. The summed E-state index contributed by atoms with van der Waals surface area (Å²) >= 11 is 0. The lowest BCUT2D eigenvalue weighted by Gasteiger charge is -2.26. The first-order chi connectivity index (χ1) is 9.26. The maximum Gasteiger partial charge on any atom is 0.268 e. The third-order valence-electron chi connectivity index (χ3n) is 4.03. The lowest BCUT2D eigenvalue weighted by molar-refractivity contribution is 0.0922. The molecule has 2 heterocycles. The Labute approximate surface area is 115 Å². The van der Waals surface area contributed by atoms with Crippen LogP contribution in [-0.4, -0.2) is 29.6 Å². The van der Waals surface area contributed by atoms with Crippen LogP contribution in [-0.2, 0) is 0 Å². The largest absolute Gasteiger partial charge is 0.348 e. The van der Waals surface area contributed by atoms with Gasteiger partial charge in [-0.05, 0) is 50.9 Å². The van der Waals surface area contributed by atoms with E-state index in [9.17, 15) is 4.79 Å². The molecule has 1 aliphatic heterocycles. The molecule has 0 spiro atoms. The molecule has 106 valence electrons. The molecule has 2 N–H and O–H groups in total. The van der Waals surface area contributed by atoms with Gasteiger partial charge in [0.25, 0.3) is 5.91 Å². The maximum atomic E-state index is 12.3. The monoisotopic (exact) mass is 263 g/mol. The summed E-state index contributed by atoms with van der Waals surface area (Å²) in [5.74, 6) is 0.0669. The third-order valence-corrected chi connectivity index (χ3v) is 4.03. The molecule has 0 atom stereocenters. The summed E-state index contributed by atoms with van der Waals surface area (Å²) in [7, 11) is 0. The van der Waals surface area contributed by atoms with Gasteiger partial charge in [-0.25, -0.2) is 0 Å². The van der Waals surface area contributed by atoms with Crippen molar-refractivity contribution < 1.29 is 4.79 Å². The van der Waals surface area contributed by atoms with E-state index in [4.69, 9.17) is 0 Å². The quantitative estimate of drug-likeness (QED) is 0.856. The topological polar surface area (TPSA) is 46.1 Å². The van der Waals surface area contributed by atoms with E-state index in [2.05, 4.69) is 29.0 Å². The van der Waals surface area contributed by atoms with Crippen molar-refractivity contribution >= 4 is 5.91 Å². The van der Waals surface area contributed by atoms with Gasteiger partial charge in [-0.15, -0.1) is 0 Å². The molecule has 0 saturated carbocycles. The molecule has 4 heteroatoms. The third kappa shape index (κ3) is 3.38. The molecule has 1 aromatic rings. The number of aromatic nitrogens is 1. The first-order valence-electron chi connectivity index (χ1n) is 7.44. The second kappa shape index (κ2) is 6.75. The number of carbonyl (C=O) groups is 1. The lowest BCUT2D eigenvalue weighted by atomic mass is 10.1. The van der Waals surface area contributed by atoms with Crippen LogP contribution < -0.4 is 10.6 Å². The Bertz CT molecular complexity index is 403. The Morgan fingerprint density at radius 2 is 2.11 bits per heavy atom. The Hall–Kier alpha value is -1.29. The normalized spacial score (nSPS) is 16.8. The van der Waals surface area contributed by atoms with Crippen LogP contribution in [0.15, 0.2) is 18.3 Å². The first kappa shape index (κ1) is 14.1. The van der Waals surface area contributed by atoms with Crippen molar-refractivity contribution in [3.8, 4) is 0 Å². The van der Waals surface area contributed by atoms with E-state index in [0.29, 0.717) is 6.04 Å². The van der Waals surface area contributed by atoms with Gasteiger partial charge in [0.05, 0.1) is 0 Å². The molecular weight excluding hydrogens is 238 g/mol. The second-order valence-corrected chi connectivity index (χ2v) is 5.27. The van der Waals surface area contributed by atoms with Crippen LogP contribution in [0.4, 0.5) is 0 Å². The molecule has 19 heavy (non-hydrogen) atoms. The molecule has 0 radical (unpaired) electrons. The molecule has 0 unspecified atom stereocenters. The fourth-order valence-corrected chi connectivity index (χ4v) is 2.74. The summed E-state index contributed by atoms with van der Waals surface area (Å²) in [5, 5.41) is 6.48. The Kier molecular flexibility index (Phi) is 5.02. The number of carbonyl (C=O) groups excluding carboxylic acids is 1. The SMILES string of the molecule is CCC(CC)NC(=O)c1cccn1C1CCNCC1. The average molecular weight is 263 g/mol. The van der Waals surface area contributed by atoms with E-state index in [1.54, 1.807) is 0 Å². The van der Waals surface area contributed by atoms with E-state index >= 15 is 0 Å². The smallest absolute Gasteiger partial charge is 0.268 e. The summed E-state index contributed by atoms with van der Waals surface area (Å²) in [6.07, 6.45) is 6.20. The van der Waals surface area contributed by atoms with Gasteiger partial charge in [-0.2, -0.15) is 0 Å². The molecule has 1 fully saturated rings. The predicted octanol–water partition coefficient (Wildman–Crippen LogP) is 2.33. The zero-order valence-electron chi connectivity index (χ0n) is 12.0. The zero-order chi connectivity index (χ0) is 13.7. The van der Waals surface area contributed by atoms with Gasteiger partial charge >= 0.3 is 0 Å². The lowest BCUT2D eigenvalue weighted by Crippen LogP contribution is -2.36. The molecule has 0 aliphatic carbocycles. The molecule has 1 aromatic heterocycles. The van der Waals surface area contributed by atoms with Crippen molar-refractivity contribution in [3.63, 3.8) is 0 Å². The molecule has 2 rings (SSSR count). The van der Waals surface area contributed by atoms with Gasteiger partial charge in [0, 0.05) is 18.3 Å². The first-order valence-corrected chi connectivity index (χ1v) is 7.44. The molecule has 1 aliphatic rings. The van der Waals surface area contributed by atoms with Crippen LogP contribution in [0.25, 0.3) is 0 Å². The van der Waals surface area contributed by atoms with Crippen molar-refractivity contribution in [2.75, 3.05) is 13.1 Å². The highest BCUT2D eigenvalue weighted by molar-refractivity contribution is 5.93. The van der Waals surface area contributed by atoms with E-state index in [-0.39, 0.29) is 11.9 Å². The van der Waals surface area contributed by atoms with Gasteiger partial charge in [-0.1, -0.05) is 13.8 Å². The summed E-state index contributed by atoms with van der Waals surface area (Å²) in [4.78, 5) is 12.3. The number of nitrogens with one attached hydrogen (secondary N) is 2. The average Bonchev–Trinajstić information content (AvgIpc) is 2.95. The predicted molar refractivity (Wildman–Crippen MR) is 77.4 cm³/mol. The van der Waals surface area contributed by atoms with Crippen molar-refractivity contribution in [3.05, 3.63) is 24.0 Å². The molecular formula is C15H25N3O. The van der Waals surface area contributed by atoms with Crippen molar-refractivity contribution in [1.29, 1.82) is 0 Å². The highest BCUT2D eigenvalue weighted by atomic mass is 16.2. The number of hydrogen-bond acceptors (Lipinski definition) is 2. The van der Waals surface area contributed by atoms with Gasteiger partial charge in [0.15, 0.2) is 0 Å². The fourth-order valence-electron chi connectivity index (χ4n) is 2.74. The number of hydrogen-bond donors (Lipinski definition) is 2. The number of nitrogens with zero attached hydrogens (tertiary/aromatic N) is 1. The van der Waals surface area contributed by atoms with Crippen LogP contribution in [0, 0.1) is 0 Å². The van der Waals surface area contributed by atoms with Crippen molar-refractivity contribution in [1.82, 2.24) is 15.2 Å². The van der Waals surface area contributed by atoms with Gasteiger partial charge in [-0.3, -0.25) is 4.79 Å². The minimum atomic E-state index is 0.0669. The van der Waals surface area contributed by atoms with Gasteiger partial charge < -0.3 is 15.2 Å². The Balaban J connectivity index is 2.07. The molecule has 1 saturated heterocycles. The summed E-state index contributed by atoms with van der Waals surface area (Å²) in [6.45, 7) is 6.30. The molecule has 1 amide bonds. The summed E-state index contributed by atoms with van der Waals surface area (Å²) in [6, 6.07) is 4.64. The standard InChI is InChI=1S/C15H25N3O/c1-3-12(4-2)17-15(19)14-6-5-11-18(14)13-7-9-16-10-8-13/h5-6,11-13,16H,3-4,7-10H2,1-2H3,(H,17,19). The molecule has 4 nitrogen and oxygen atoms in total. The molecule has 0 aromatic carbocycles. The van der Waals surface area contributed by atoms with Crippen molar-refractivity contribution in [2.24, 2.45) is 0 Å². The van der Waals surface area contributed by atoms with Gasteiger partial charge in [0.2, 0.25) is 0 Å². The Morgan fingerprint density at radius 1 is 1.42 bits per heavy atom. The van der Waals surface area contributed by atoms with E-state index in [1.165, 1.54) is 0 Å². The number of rotatable bonds is 5. The highest BCUT2D eigenvalue weighted by Gasteiger charge is 2.20. The summed E-state index contributed by atoms with van der Waals surface area (Å²) < 4.78 is 2.15. The maximum absolute atomic E-state index is 12.3. The van der Waals surface area contributed by atoms with Crippen LogP contribution in [0.3, 0.4) is 0 Å². The Morgan fingerprint density at radius 3 is 2.74 bits per heavy atom. The van der Waals surface area contributed by atoms with Crippen LogP contribution in [0.1, 0.15) is 56.1 Å². The van der Waals surface area contributed by atoms with E-state index in [0.717, 1.165) is 44.5 Å². The van der Waals surface area contributed by atoms with Gasteiger partial charge in [0.1, 0.15) is 5.69 Å². The van der Waals surface area contributed by atoms with Crippen LogP contribution >= 0.6 is 0 Å². The highest BCUT2D eigenvalue weighted by Crippen LogP contribution is 2.21. The van der Waals surface area contributed by atoms with Crippen molar-refractivity contribution in [2.45, 2.75) is 51.6 Å². The fraction of sp³-hybridized carbons (Fsp3) is 0.667. The van der Waals surface area contributed by atoms with E-state index < -0.39 is 0 Å². The minimum Gasteiger partial charge on any atom is -0.348 e. The van der Waals surface area contributed by atoms with Crippen LogP contribution in [0.5, 0.6) is 0 Å². The molecule has 0 bridgehead atoms. The second-order valence-electron chi connectivity index (χ2n) is 5.27. The van der Waals surface area contributed by atoms with E-state index in [1.807, 2.05) is 18.3 Å². The number of amides is 1. The summed E-state index contributed by atoms with van der Waals surface area (Å²) in [5.41, 5.74) is 0.804. The number of piperidine rings is 1. The zero-order valence-corrected chi connectivity index (χ0v) is 12.0. The van der Waals surface area contributed by atoms with Crippen LogP contribution in [0.2, 0.25) is 0 Å².